The number of unbranched alkanes of at least 4 members (excludes halogenated alkanes) is 7. The summed E-state index contributed by atoms with van der Waals surface area (Å²) in [6.45, 7) is 5.41. The molecule has 19 heavy (non-hydrogen) atoms. The van der Waals surface area contributed by atoms with Gasteiger partial charge in [-0.2, -0.15) is 5.10 Å². The highest BCUT2D eigenvalue weighted by Gasteiger charge is 2.05. The molecule has 0 saturated heterocycles. The van der Waals surface area contributed by atoms with Crippen LogP contribution in [0, 0.1) is 0 Å². The summed E-state index contributed by atoms with van der Waals surface area (Å²) in [5.74, 6) is 0. The minimum Gasteiger partial charge on any atom is -0.324 e. The SMILES string of the molecule is CCCCCCCCCCn1cc(C(N)CC)cn1. The van der Waals surface area contributed by atoms with Crippen molar-refractivity contribution >= 4 is 0 Å². The number of nitrogens with zero attached hydrogens (tertiary/aromatic N) is 2. The third-order valence-corrected chi connectivity index (χ3v) is 3.76. The zero-order valence-corrected chi connectivity index (χ0v) is 12.8. The van der Waals surface area contributed by atoms with Crippen LogP contribution in [0.4, 0.5) is 0 Å². The van der Waals surface area contributed by atoms with Gasteiger partial charge in [0.2, 0.25) is 0 Å². The van der Waals surface area contributed by atoms with Gasteiger partial charge in [-0.15, -0.1) is 0 Å². The second-order valence-electron chi connectivity index (χ2n) is 5.53. The molecule has 110 valence electrons. The molecule has 0 bridgehead atoms. The molecule has 1 heterocycles. The summed E-state index contributed by atoms with van der Waals surface area (Å²) in [6.07, 6.45) is 15.9. The lowest BCUT2D eigenvalue weighted by Gasteiger charge is -2.04. The average molecular weight is 265 g/mol. The number of aryl methyl sites for hydroxylation is 1. The van der Waals surface area contributed by atoms with Gasteiger partial charge in [-0.3, -0.25) is 4.68 Å². The Bertz CT molecular complexity index is 320. The largest absolute Gasteiger partial charge is 0.324 e. The Kier molecular flexibility index (Phi) is 8.55. The first kappa shape index (κ1) is 16.2. The summed E-state index contributed by atoms with van der Waals surface area (Å²) in [6, 6.07) is 0.146. The predicted octanol–water partition coefficient (Wildman–Crippen LogP) is 4.43. The van der Waals surface area contributed by atoms with Crippen LogP contribution >= 0.6 is 0 Å². The molecule has 1 rings (SSSR count). The molecule has 2 N–H and O–H groups in total. The first-order chi connectivity index (χ1) is 9.27. The molecule has 3 nitrogen and oxygen atoms in total. The summed E-state index contributed by atoms with van der Waals surface area (Å²) in [5, 5.41) is 4.38. The van der Waals surface area contributed by atoms with Crippen LogP contribution in [0.5, 0.6) is 0 Å². The molecule has 1 aromatic rings. The van der Waals surface area contributed by atoms with Crippen molar-refractivity contribution in [2.75, 3.05) is 0 Å². The first-order valence-corrected chi connectivity index (χ1v) is 8.05. The van der Waals surface area contributed by atoms with Gasteiger partial charge in [0.25, 0.3) is 0 Å². The maximum atomic E-state index is 5.99. The number of rotatable bonds is 11. The fourth-order valence-corrected chi connectivity index (χ4v) is 2.34. The van der Waals surface area contributed by atoms with E-state index in [1.807, 2.05) is 10.9 Å². The van der Waals surface area contributed by atoms with Gasteiger partial charge < -0.3 is 5.73 Å². The summed E-state index contributed by atoms with van der Waals surface area (Å²) >= 11 is 0. The lowest BCUT2D eigenvalue weighted by atomic mass is 10.1. The molecule has 1 unspecified atom stereocenters. The minimum atomic E-state index is 0.146. The summed E-state index contributed by atoms with van der Waals surface area (Å²) < 4.78 is 2.04. The van der Waals surface area contributed by atoms with Crippen molar-refractivity contribution in [2.45, 2.75) is 84.2 Å². The number of hydrogen-bond donors (Lipinski definition) is 1. The van der Waals surface area contributed by atoms with Crippen LogP contribution in [0.1, 0.15) is 83.2 Å². The van der Waals surface area contributed by atoms with Crippen LogP contribution in [0.3, 0.4) is 0 Å². The van der Waals surface area contributed by atoms with E-state index in [0.717, 1.165) is 13.0 Å². The van der Waals surface area contributed by atoms with Crippen molar-refractivity contribution in [3.8, 4) is 0 Å². The van der Waals surface area contributed by atoms with Gasteiger partial charge >= 0.3 is 0 Å². The fraction of sp³-hybridized carbons (Fsp3) is 0.812. The van der Waals surface area contributed by atoms with Crippen molar-refractivity contribution in [3.63, 3.8) is 0 Å². The van der Waals surface area contributed by atoms with Crippen molar-refractivity contribution in [1.29, 1.82) is 0 Å². The van der Waals surface area contributed by atoms with Crippen LogP contribution in [-0.2, 0) is 6.54 Å². The highest BCUT2D eigenvalue weighted by molar-refractivity contribution is 5.09. The Morgan fingerprint density at radius 3 is 2.32 bits per heavy atom. The second-order valence-corrected chi connectivity index (χ2v) is 5.53. The van der Waals surface area contributed by atoms with Gasteiger partial charge in [0.1, 0.15) is 0 Å². The molecule has 0 aliphatic carbocycles. The quantitative estimate of drug-likeness (QED) is 0.601. The van der Waals surface area contributed by atoms with Gasteiger partial charge in [-0.25, -0.2) is 0 Å². The second kappa shape index (κ2) is 10.0. The molecule has 0 amide bonds. The van der Waals surface area contributed by atoms with Crippen LogP contribution in [-0.4, -0.2) is 9.78 Å². The van der Waals surface area contributed by atoms with Crippen LogP contribution in [0.2, 0.25) is 0 Å². The maximum Gasteiger partial charge on any atom is 0.0537 e. The molecule has 0 aliphatic heterocycles. The normalized spacial score (nSPS) is 12.8. The molecule has 0 fully saturated rings. The van der Waals surface area contributed by atoms with E-state index in [0.29, 0.717) is 0 Å². The highest BCUT2D eigenvalue weighted by atomic mass is 15.3. The third kappa shape index (κ3) is 6.76. The molecule has 0 spiro atoms. The molecule has 3 heteroatoms. The van der Waals surface area contributed by atoms with E-state index in [4.69, 9.17) is 5.73 Å². The van der Waals surface area contributed by atoms with E-state index >= 15 is 0 Å². The summed E-state index contributed by atoms with van der Waals surface area (Å²) in [7, 11) is 0. The van der Waals surface area contributed by atoms with Gasteiger partial charge in [0.15, 0.2) is 0 Å². The number of nitrogens with two attached hydrogens (primary N) is 1. The first-order valence-electron chi connectivity index (χ1n) is 8.05. The Balaban J connectivity index is 2.04. The fourth-order valence-electron chi connectivity index (χ4n) is 2.34. The molecular weight excluding hydrogens is 234 g/mol. The Morgan fingerprint density at radius 2 is 1.68 bits per heavy atom. The van der Waals surface area contributed by atoms with E-state index in [2.05, 4.69) is 25.1 Å². The van der Waals surface area contributed by atoms with Gasteiger partial charge in [-0.1, -0.05) is 58.8 Å². The van der Waals surface area contributed by atoms with Crippen LogP contribution in [0.25, 0.3) is 0 Å². The standard InChI is InChI=1S/C16H31N3/c1-3-5-6-7-8-9-10-11-12-19-14-15(13-18-19)16(17)4-2/h13-14,16H,3-12,17H2,1-2H3. The Hall–Kier alpha value is -0.830. The molecule has 0 aliphatic rings. The van der Waals surface area contributed by atoms with Gasteiger partial charge in [0.05, 0.1) is 6.20 Å². The predicted molar refractivity (Wildman–Crippen MR) is 82.1 cm³/mol. The molecular formula is C16H31N3. The van der Waals surface area contributed by atoms with E-state index in [1.54, 1.807) is 0 Å². The molecule has 1 aromatic heterocycles. The summed E-state index contributed by atoms with van der Waals surface area (Å²) in [5.41, 5.74) is 7.16. The topological polar surface area (TPSA) is 43.8 Å². The van der Waals surface area contributed by atoms with Crippen molar-refractivity contribution in [2.24, 2.45) is 5.73 Å². The maximum absolute atomic E-state index is 5.99. The van der Waals surface area contributed by atoms with Crippen molar-refractivity contribution in [1.82, 2.24) is 9.78 Å². The molecule has 1 atom stereocenters. The minimum absolute atomic E-state index is 0.146. The highest BCUT2D eigenvalue weighted by Crippen LogP contribution is 2.13. The van der Waals surface area contributed by atoms with Crippen molar-refractivity contribution in [3.05, 3.63) is 18.0 Å². The number of hydrogen-bond acceptors (Lipinski definition) is 2. The average Bonchev–Trinajstić information content (AvgIpc) is 2.89. The van der Waals surface area contributed by atoms with E-state index in [9.17, 15) is 0 Å². The van der Waals surface area contributed by atoms with Crippen LogP contribution in [0.15, 0.2) is 12.4 Å². The van der Waals surface area contributed by atoms with Crippen molar-refractivity contribution < 1.29 is 0 Å². The van der Waals surface area contributed by atoms with E-state index < -0.39 is 0 Å². The summed E-state index contributed by atoms with van der Waals surface area (Å²) in [4.78, 5) is 0. The Morgan fingerprint density at radius 1 is 1.05 bits per heavy atom. The zero-order chi connectivity index (χ0) is 13.9. The Labute approximate surface area is 118 Å². The molecule has 0 saturated carbocycles. The number of aromatic nitrogens is 2. The third-order valence-electron chi connectivity index (χ3n) is 3.76. The van der Waals surface area contributed by atoms with Crippen LogP contribution < -0.4 is 5.73 Å². The zero-order valence-electron chi connectivity index (χ0n) is 12.8. The lowest BCUT2D eigenvalue weighted by Crippen LogP contribution is -2.07. The smallest absolute Gasteiger partial charge is 0.0537 e. The van der Waals surface area contributed by atoms with E-state index in [1.165, 1.54) is 56.9 Å². The lowest BCUT2D eigenvalue weighted by molar-refractivity contribution is 0.519. The monoisotopic (exact) mass is 265 g/mol. The van der Waals surface area contributed by atoms with E-state index in [-0.39, 0.29) is 6.04 Å². The molecule has 0 aromatic carbocycles. The van der Waals surface area contributed by atoms with Gasteiger partial charge in [-0.05, 0) is 12.8 Å². The molecule has 0 radical (unpaired) electrons. The van der Waals surface area contributed by atoms with Gasteiger partial charge in [0, 0.05) is 24.3 Å².